The van der Waals surface area contributed by atoms with E-state index in [-0.39, 0.29) is 18.6 Å². The fourth-order valence-electron chi connectivity index (χ4n) is 2.92. The van der Waals surface area contributed by atoms with Gasteiger partial charge < -0.3 is 9.64 Å². The zero-order chi connectivity index (χ0) is 16.4. The number of carbonyl (C=O) groups excluding carboxylic acids is 2. The Morgan fingerprint density at radius 1 is 1.13 bits per heavy atom. The Morgan fingerprint density at radius 3 is 2.57 bits per heavy atom. The first-order valence-electron chi connectivity index (χ1n) is 7.70. The number of aryl methyl sites for hydroxylation is 1. The van der Waals surface area contributed by atoms with Crippen molar-refractivity contribution in [3.63, 3.8) is 0 Å². The number of nitrogens with zero attached hydrogens (tertiary/aromatic N) is 1. The lowest BCUT2D eigenvalue weighted by atomic mass is 10.1. The molecule has 0 saturated heterocycles. The molecule has 0 N–H and O–H groups in total. The second-order valence-corrected chi connectivity index (χ2v) is 5.89. The van der Waals surface area contributed by atoms with Gasteiger partial charge in [-0.1, -0.05) is 35.9 Å². The Hall–Kier alpha value is -2.62. The fraction of sp³-hybridized carbons (Fsp3) is 0.263. The van der Waals surface area contributed by atoms with Crippen molar-refractivity contribution in [3.05, 3.63) is 65.2 Å². The first kappa shape index (κ1) is 15.3. The summed E-state index contributed by atoms with van der Waals surface area (Å²) in [5.41, 5.74) is 3.59. The molecule has 4 heteroatoms. The van der Waals surface area contributed by atoms with Crippen LogP contribution in [0.3, 0.4) is 0 Å². The van der Waals surface area contributed by atoms with Gasteiger partial charge in [-0.15, -0.1) is 0 Å². The molecule has 118 valence electrons. The molecule has 0 bridgehead atoms. The number of esters is 1. The number of benzene rings is 2. The molecule has 23 heavy (non-hydrogen) atoms. The van der Waals surface area contributed by atoms with Crippen molar-refractivity contribution in [2.24, 2.45) is 0 Å². The van der Waals surface area contributed by atoms with Crippen LogP contribution in [-0.2, 0) is 16.0 Å². The van der Waals surface area contributed by atoms with Crippen LogP contribution >= 0.6 is 0 Å². The van der Waals surface area contributed by atoms with E-state index in [1.54, 1.807) is 17.0 Å². The number of para-hydroxylation sites is 1. The normalized spacial score (nSPS) is 16.1. The molecule has 1 aliphatic rings. The Balaban J connectivity index is 1.66. The lowest BCUT2D eigenvalue weighted by Crippen LogP contribution is -2.38. The monoisotopic (exact) mass is 309 g/mol. The smallest absolute Gasteiger partial charge is 0.338 e. The first-order chi connectivity index (χ1) is 11.1. The Kier molecular flexibility index (Phi) is 4.15. The summed E-state index contributed by atoms with van der Waals surface area (Å²) < 4.78 is 5.18. The molecule has 0 saturated carbocycles. The third-order valence-electron chi connectivity index (χ3n) is 4.09. The lowest BCUT2D eigenvalue weighted by molar-refractivity contribution is -0.122. The zero-order valence-electron chi connectivity index (χ0n) is 13.3. The summed E-state index contributed by atoms with van der Waals surface area (Å²) >= 11 is 0. The first-order valence-corrected chi connectivity index (χ1v) is 7.70. The second kappa shape index (κ2) is 6.24. The molecule has 1 atom stereocenters. The molecule has 3 rings (SSSR count). The van der Waals surface area contributed by atoms with Crippen LogP contribution in [0.1, 0.15) is 28.4 Å². The van der Waals surface area contributed by atoms with E-state index >= 15 is 0 Å². The molecule has 1 heterocycles. The quantitative estimate of drug-likeness (QED) is 0.818. The van der Waals surface area contributed by atoms with Crippen LogP contribution in [0.4, 0.5) is 5.69 Å². The van der Waals surface area contributed by atoms with Gasteiger partial charge in [-0.3, -0.25) is 4.79 Å². The number of rotatable bonds is 3. The van der Waals surface area contributed by atoms with Gasteiger partial charge in [0.1, 0.15) is 0 Å². The highest BCUT2D eigenvalue weighted by Gasteiger charge is 2.30. The lowest BCUT2D eigenvalue weighted by Gasteiger charge is -2.22. The molecule has 2 aromatic carbocycles. The average molecular weight is 309 g/mol. The molecule has 1 amide bonds. The van der Waals surface area contributed by atoms with Crippen molar-refractivity contribution in [2.45, 2.75) is 26.3 Å². The highest BCUT2D eigenvalue weighted by molar-refractivity contribution is 5.99. The van der Waals surface area contributed by atoms with E-state index in [1.165, 1.54) is 0 Å². The molecule has 4 nitrogen and oxygen atoms in total. The van der Waals surface area contributed by atoms with Crippen LogP contribution in [0.15, 0.2) is 48.5 Å². The van der Waals surface area contributed by atoms with Crippen molar-refractivity contribution in [1.29, 1.82) is 0 Å². The van der Waals surface area contributed by atoms with Gasteiger partial charge in [-0.25, -0.2) is 4.79 Å². The van der Waals surface area contributed by atoms with E-state index in [4.69, 9.17) is 4.74 Å². The van der Waals surface area contributed by atoms with Crippen molar-refractivity contribution in [2.75, 3.05) is 11.5 Å². The Labute approximate surface area is 135 Å². The summed E-state index contributed by atoms with van der Waals surface area (Å²) in [6.07, 6.45) is 0.827. The summed E-state index contributed by atoms with van der Waals surface area (Å²) in [7, 11) is 0. The highest BCUT2D eigenvalue weighted by Crippen LogP contribution is 2.31. The number of amides is 1. The van der Waals surface area contributed by atoms with E-state index in [0.717, 1.165) is 23.2 Å². The summed E-state index contributed by atoms with van der Waals surface area (Å²) in [5, 5.41) is 0. The van der Waals surface area contributed by atoms with E-state index in [1.807, 2.05) is 50.2 Å². The highest BCUT2D eigenvalue weighted by atomic mass is 16.5. The molecule has 1 aliphatic heterocycles. The molecule has 0 aromatic heterocycles. The van der Waals surface area contributed by atoms with Crippen molar-refractivity contribution < 1.29 is 14.3 Å². The standard InChI is InChI=1S/C19H19NO3/c1-13-7-9-15(10-8-13)19(22)23-12-18(21)20-14(2)11-16-5-3-4-6-17(16)20/h3-10,14H,11-12H2,1-2H3/t14-/m1/s1. The van der Waals surface area contributed by atoms with Gasteiger partial charge in [-0.05, 0) is 44.0 Å². The minimum atomic E-state index is -0.474. The van der Waals surface area contributed by atoms with Crippen molar-refractivity contribution >= 4 is 17.6 Å². The summed E-state index contributed by atoms with van der Waals surface area (Å²) in [6, 6.07) is 15.0. The van der Waals surface area contributed by atoms with Gasteiger partial charge in [-0.2, -0.15) is 0 Å². The molecule has 0 unspecified atom stereocenters. The third kappa shape index (κ3) is 3.11. The van der Waals surface area contributed by atoms with Gasteiger partial charge in [0, 0.05) is 11.7 Å². The van der Waals surface area contributed by atoms with Gasteiger partial charge in [0.25, 0.3) is 5.91 Å². The number of hydrogen-bond donors (Lipinski definition) is 0. The molecular formula is C19H19NO3. The Bertz CT molecular complexity index is 737. The Morgan fingerprint density at radius 2 is 1.83 bits per heavy atom. The molecule has 0 radical (unpaired) electrons. The van der Waals surface area contributed by atoms with Gasteiger partial charge in [0.2, 0.25) is 0 Å². The fourth-order valence-corrected chi connectivity index (χ4v) is 2.92. The number of fused-ring (bicyclic) bond motifs is 1. The molecule has 2 aromatic rings. The molecule has 0 fully saturated rings. The summed E-state index contributed by atoms with van der Waals surface area (Å²) in [4.78, 5) is 26.2. The van der Waals surface area contributed by atoms with Crippen LogP contribution in [0.25, 0.3) is 0 Å². The predicted octanol–water partition coefficient (Wildman–Crippen LogP) is 3.13. The van der Waals surface area contributed by atoms with Crippen LogP contribution in [-0.4, -0.2) is 24.5 Å². The largest absolute Gasteiger partial charge is 0.452 e. The average Bonchev–Trinajstić information content (AvgIpc) is 2.88. The van der Waals surface area contributed by atoms with Crippen LogP contribution in [0, 0.1) is 6.92 Å². The minimum Gasteiger partial charge on any atom is -0.452 e. The van der Waals surface area contributed by atoms with Crippen LogP contribution in [0.5, 0.6) is 0 Å². The van der Waals surface area contributed by atoms with Crippen LogP contribution in [0.2, 0.25) is 0 Å². The van der Waals surface area contributed by atoms with Gasteiger partial charge in [0.05, 0.1) is 5.56 Å². The van der Waals surface area contributed by atoms with Crippen LogP contribution < -0.4 is 4.90 Å². The second-order valence-electron chi connectivity index (χ2n) is 5.89. The third-order valence-corrected chi connectivity index (χ3v) is 4.09. The predicted molar refractivity (Wildman–Crippen MR) is 88.6 cm³/mol. The number of carbonyl (C=O) groups is 2. The summed E-state index contributed by atoms with van der Waals surface area (Å²) in [6.45, 7) is 3.70. The zero-order valence-corrected chi connectivity index (χ0v) is 13.3. The maximum absolute atomic E-state index is 12.5. The number of ether oxygens (including phenoxy) is 1. The van der Waals surface area contributed by atoms with E-state index < -0.39 is 5.97 Å². The molecular weight excluding hydrogens is 290 g/mol. The van der Waals surface area contributed by atoms with Gasteiger partial charge in [0.15, 0.2) is 6.61 Å². The van der Waals surface area contributed by atoms with E-state index in [2.05, 4.69) is 0 Å². The SMILES string of the molecule is Cc1ccc(C(=O)OCC(=O)N2c3ccccc3C[C@H]2C)cc1. The minimum absolute atomic E-state index is 0.0815. The topological polar surface area (TPSA) is 46.6 Å². The molecule has 0 aliphatic carbocycles. The van der Waals surface area contributed by atoms with Gasteiger partial charge >= 0.3 is 5.97 Å². The number of hydrogen-bond acceptors (Lipinski definition) is 3. The van der Waals surface area contributed by atoms with Crippen molar-refractivity contribution in [3.8, 4) is 0 Å². The van der Waals surface area contributed by atoms with E-state index in [0.29, 0.717) is 5.56 Å². The molecule has 0 spiro atoms. The maximum atomic E-state index is 12.5. The van der Waals surface area contributed by atoms with Crippen molar-refractivity contribution in [1.82, 2.24) is 0 Å². The maximum Gasteiger partial charge on any atom is 0.338 e. The number of anilines is 1. The van der Waals surface area contributed by atoms with E-state index in [9.17, 15) is 9.59 Å². The summed E-state index contributed by atoms with van der Waals surface area (Å²) in [5.74, 6) is -0.665.